The van der Waals surface area contributed by atoms with Gasteiger partial charge in [-0.2, -0.15) is 5.26 Å². The summed E-state index contributed by atoms with van der Waals surface area (Å²) >= 11 is 0. The van der Waals surface area contributed by atoms with E-state index in [1.165, 1.54) is 12.1 Å². The second-order valence-corrected chi connectivity index (χ2v) is 5.52. The summed E-state index contributed by atoms with van der Waals surface area (Å²) in [6.45, 7) is 0.954. The number of nitrogens with one attached hydrogen (secondary N) is 1. The van der Waals surface area contributed by atoms with Crippen LogP contribution in [0.4, 0.5) is 8.78 Å². The van der Waals surface area contributed by atoms with Gasteiger partial charge in [0.05, 0.1) is 18.2 Å². The van der Waals surface area contributed by atoms with Gasteiger partial charge in [-0.3, -0.25) is 4.99 Å². The fraction of sp³-hybridized carbons (Fsp3) is 0.263. The first-order valence-electron chi connectivity index (χ1n) is 8.02. The van der Waals surface area contributed by atoms with Crippen molar-refractivity contribution >= 4 is 29.9 Å². The predicted molar refractivity (Wildman–Crippen MR) is 111 cm³/mol. The lowest BCUT2D eigenvalue weighted by molar-refractivity contribution is 0.270. The molecule has 5 nitrogen and oxygen atoms in total. The summed E-state index contributed by atoms with van der Waals surface area (Å²) in [5, 5.41) is 11.8. The van der Waals surface area contributed by atoms with E-state index in [4.69, 9.17) is 10.00 Å². The standard InChI is InChI=1S/C19H20F2N4O.HI/c1-23-19(24-13-15-8-7-14(12-22)11-17(15)21)25(2)9-10-26-18-6-4-3-5-16(18)20;/h3-8,11H,9-10,13H2,1-2H3,(H,23,24);1H. The molecule has 0 aliphatic heterocycles. The molecule has 2 aromatic rings. The van der Waals surface area contributed by atoms with Gasteiger partial charge in [-0.25, -0.2) is 8.78 Å². The van der Waals surface area contributed by atoms with E-state index in [9.17, 15) is 8.78 Å². The molecule has 0 aromatic heterocycles. The molecule has 2 aromatic carbocycles. The fourth-order valence-electron chi connectivity index (χ4n) is 2.28. The number of nitriles is 1. The van der Waals surface area contributed by atoms with Crippen LogP contribution in [0.5, 0.6) is 5.75 Å². The monoisotopic (exact) mass is 486 g/mol. The lowest BCUT2D eigenvalue weighted by Gasteiger charge is -2.22. The number of nitrogens with zero attached hydrogens (tertiary/aromatic N) is 3. The van der Waals surface area contributed by atoms with Crippen molar-refractivity contribution in [3.05, 3.63) is 65.2 Å². The number of ether oxygens (including phenoxy) is 1. The smallest absolute Gasteiger partial charge is 0.193 e. The summed E-state index contributed by atoms with van der Waals surface area (Å²) in [5.41, 5.74) is 0.708. The van der Waals surface area contributed by atoms with Crippen LogP contribution in [0.15, 0.2) is 47.5 Å². The largest absolute Gasteiger partial charge is 0.489 e. The second kappa shape index (κ2) is 11.3. The molecule has 2 rings (SSSR count). The molecule has 0 radical (unpaired) electrons. The minimum atomic E-state index is -0.447. The first-order chi connectivity index (χ1) is 12.5. The Labute approximate surface area is 174 Å². The van der Waals surface area contributed by atoms with Gasteiger partial charge in [-0.05, 0) is 24.3 Å². The highest BCUT2D eigenvalue weighted by Crippen LogP contribution is 2.15. The van der Waals surface area contributed by atoms with E-state index in [1.807, 2.05) is 6.07 Å². The van der Waals surface area contributed by atoms with Crippen molar-refractivity contribution in [1.82, 2.24) is 10.2 Å². The summed E-state index contributed by atoms with van der Waals surface area (Å²) < 4.78 is 32.8. The summed E-state index contributed by atoms with van der Waals surface area (Å²) in [6, 6.07) is 12.4. The van der Waals surface area contributed by atoms with Gasteiger partial charge in [-0.1, -0.05) is 18.2 Å². The molecule has 0 saturated carbocycles. The van der Waals surface area contributed by atoms with Crippen molar-refractivity contribution in [1.29, 1.82) is 5.26 Å². The summed E-state index contributed by atoms with van der Waals surface area (Å²) in [6.07, 6.45) is 0. The van der Waals surface area contributed by atoms with Crippen molar-refractivity contribution in [2.24, 2.45) is 4.99 Å². The maximum atomic E-state index is 13.9. The molecular weight excluding hydrogens is 465 g/mol. The van der Waals surface area contributed by atoms with E-state index >= 15 is 0 Å². The van der Waals surface area contributed by atoms with Crippen molar-refractivity contribution in [2.45, 2.75) is 6.54 Å². The molecule has 0 aliphatic rings. The Morgan fingerprint density at radius 3 is 2.59 bits per heavy atom. The third-order valence-corrected chi connectivity index (χ3v) is 3.71. The zero-order valence-electron chi connectivity index (χ0n) is 15.1. The zero-order chi connectivity index (χ0) is 18.9. The first kappa shape index (κ1) is 22.6. The van der Waals surface area contributed by atoms with Crippen LogP contribution in [0.25, 0.3) is 0 Å². The quantitative estimate of drug-likeness (QED) is 0.386. The molecule has 0 bridgehead atoms. The number of likely N-dealkylation sites (N-methyl/N-ethyl adjacent to an activating group) is 1. The Balaban J connectivity index is 0.00000364. The molecule has 0 spiro atoms. The van der Waals surface area contributed by atoms with Gasteiger partial charge in [0.2, 0.25) is 0 Å². The third kappa shape index (κ3) is 6.67. The number of hydrogen-bond donors (Lipinski definition) is 1. The van der Waals surface area contributed by atoms with E-state index in [1.54, 1.807) is 49.3 Å². The van der Waals surface area contributed by atoms with Crippen LogP contribution in [0, 0.1) is 23.0 Å². The molecule has 0 fully saturated rings. The number of halogens is 3. The van der Waals surface area contributed by atoms with Crippen molar-refractivity contribution < 1.29 is 13.5 Å². The van der Waals surface area contributed by atoms with Gasteiger partial charge >= 0.3 is 0 Å². The van der Waals surface area contributed by atoms with Crippen LogP contribution in [-0.4, -0.2) is 38.1 Å². The number of para-hydroxylation sites is 1. The van der Waals surface area contributed by atoms with Crippen LogP contribution in [0.3, 0.4) is 0 Å². The van der Waals surface area contributed by atoms with Gasteiger partial charge in [0.25, 0.3) is 0 Å². The van der Waals surface area contributed by atoms with Crippen LogP contribution in [-0.2, 0) is 6.54 Å². The first-order valence-corrected chi connectivity index (χ1v) is 8.02. The number of aliphatic imine (C=N–C) groups is 1. The fourth-order valence-corrected chi connectivity index (χ4v) is 2.28. The van der Waals surface area contributed by atoms with E-state index in [-0.39, 0.29) is 48.4 Å². The maximum absolute atomic E-state index is 13.9. The highest BCUT2D eigenvalue weighted by molar-refractivity contribution is 14.0. The summed E-state index contributed by atoms with van der Waals surface area (Å²) in [5.74, 6) is -0.110. The normalized spacial score (nSPS) is 10.6. The van der Waals surface area contributed by atoms with Crippen molar-refractivity contribution in [3.8, 4) is 11.8 Å². The molecule has 27 heavy (non-hydrogen) atoms. The molecule has 8 heteroatoms. The number of guanidine groups is 1. The Morgan fingerprint density at radius 2 is 1.96 bits per heavy atom. The molecule has 0 atom stereocenters. The predicted octanol–water partition coefficient (Wildman–Crippen LogP) is 3.54. The Kier molecular flexibility index (Phi) is 9.50. The molecule has 0 saturated heterocycles. The van der Waals surface area contributed by atoms with Crippen LogP contribution >= 0.6 is 24.0 Å². The van der Waals surface area contributed by atoms with Crippen molar-refractivity contribution in [3.63, 3.8) is 0 Å². The number of hydrogen-bond acceptors (Lipinski definition) is 3. The van der Waals surface area contributed by atoms with Gasteiger partial charge in [0.1, 0.15) is 12.4 Å². The average Bonchev–Trinajstić information content (AvgIpc) is 2.64. The average molecular weight is 486 g/mol. The lowest BCUT2D eigenvalue weighted by atomic mass is 10.1. The third-order valence-electron chi connectivity index (χ3n) is 3.71. The lowest BCUT2D eigenvalue weighted by Crippen LogP contribution is -2.40. The molecule has 144 valence electrons. The van der Waals surface area contributed by atoms with Gasteiger partial charge < -0.3 is 15.0 Å². The number of rotatable bonds is 6. The molecule has 0 heterocycles. The molecular formula is C19H21F2IN4O. The SMILES string of the molecule is CN=C(NCc1ccc(C#N)cc1F)N(C)CCOc1ccccc1F.I. The Hall–Kier alpha value is -2.41. The molecule has 0 aliphatic carbocycles. The summed E-state index contributed by atoms with van der Waals surface area (Å²) in [4.78, 5) is 5.93. The second-order valence-electron chi connectivity index (χ2n) is 5.52. The molecule has 0 amide bonds. The summed E-state index contributed by atoms with van der Waals surface area (Å²) in [7, 11) is 3.42. The maximum Gasteiger partial charge on any atom is 0.193 e. The van der Waals surface area contributed by atoms with E-state index in [0.717, 1.165) is 0 Å². The van der Waals surface area contributed by atoms with Crippen LogP contribution in [0.2, 0.25) is 0 Å². The van der Waals surface area contributed by atoms with Gasteiger partial charge in [0.15, 0.2) is 17.5 Å². The Morgan fingerprint density at radius 1 is 1.22 bits per heavy atom. The van der Waals surface area contributed by atoms with Crippen molar-refractivity contribution in [2.75, 3.05) is 27.2 Å². The van der Waals surface area contributed by atoms with Gasteiger partial charge in [0, 0.05) is 26.2 Å². The minimum Gasteiger partial charge on any atom is -0.489 e. The molecule has 0 unspecified atom stereocenters. The van der Waals surface area contributed by atoms with Gasteiger partial charge in [-0.15, -0.1) is 24.0 Å². The van der Waals surface area contributed by atoms with E-state index < -0.39 is 11.6 Å². The van der Waals surface area contributed by atoms with Crippen LogP contribution < -0.4 is 10.1 Å². The zero-order valence-corrected chi connectivity index (χ0v) is 17.4. The van der Waals surface area contributed by atoms with E-state index in [2.05, 4.69) is 10.3 Å². The highest BCUT2D eigenvalue weighted by Gasteiger charge is 2.09. The highest BCUT2D eigenvalue weighted by atomic mass is 127. The topological polar surface area (TPSA) is 60.7 Å². The minimum absolute atomic E-state index is 0. The number of benzene rings is 2. The Bertz CT molecular complexity index is 824. The van der Waals surface area contributed by atoms with E-state index in [0.29, 0.717) is 18.1 Å². The van der Waals surface area contributed by atoms with Crippen LogP contribution in [0.1, 0.15) is 11.1 Å². The molecule has 1 N–H and O–H groups in total.